The van der Waals surface area contributed by atoms with Crippen LogP contribution in [0.4, 0.5) is 0 Å². The summed E-state index contributed by atoms with van der Waals surface area (Å²) in [5, 5.41) is 0. The summed E-state index contributed by atoms with van der Waals surface area (Å²) in [6.07, 6.45) is 10.5. The maximum atomic E-state index is 6.55. The summed E-state index contributed by atoms with van der Waals surface area (Å²) in [5.74, 6) is 0.627. The van der Waals surface area contributed by atoms with E-state index in [-0.39, 0.29) is 21.3 Å². The van der Waals surface area contributed by atoms with E-state index in [1.807, 2.05) is 0 Å². The van der Waals surface area contributed by atoms with Crippen LogP contribution in [0.5, 0.6) is 0 Å². The molecule has 0 aliphatic heterocycles. The van der Waals surface area contributed by atoms with E-state index >= 15 is 0 Å². The van der Waals surface area contributed by atoms with Crippen molar-refractivity contribution in [3.63, 3.8) is 0 Å². The molecular weight excluding hydrogens is 327 g/mol. The molecule has 116 valence electrons. The summed E-state index contributed by atoms with van der Waals surface area (Å²) in [6.45, 7) is 0. The molecular formula is C17H21Cl3O. The van der Waals surface area contributed by atoms with Gasteiger partial charge in [-0.1, -0.05) is 30.0 Å². The highest BCUT2D eigenvalue weighted by molar-refractivity contribution is 6.45. The molecule has 4 aliphatic carbocycles. The Morgan fingerprint density at radius 2 is 2.19 bits per heavy atom. The zero-order valence-electron chi connectivity index (χ0n) is 12.3. The molecule has 4 rings (SSSR count). The number of allylic oxidation sites excluding steroid dienone is 1. The Morgan fingerprint density at radius 1 is 1.38 bits per heavy atom. The third-order valence-electron chi connectivity index (χ3n) is 6.77. The van der Waals surface area contributed by atoms with Crippen LogP contribution < -0.4 is 0 Å². The van der Waals surface area contributed by atoms with Gasteiger partial charge >= 0.3 is 0 Å². The molecule has 0 amide bonds. The maximum absolute atomic E-state index is 6.55. The summed E-state index contributed by atoms with van der Waals surface area (Å²) >= 11 is 19.2. The van der Waals surface area contributed by atoms with Crippen LogP contribution in [0.3, 0.4) is 0 Å². The Kier molecular flexibility index (Phi) is 3.30. The van der Waals surface area contributed by atoms with Crippen LogP contribution in [0.2, 0.25) is 0 Å². The quantitative estimate of drug-likeness (QED) is 0.467. The van der Waals surface area contributed by atoms with Crippen LogP contribution in [-0.2, 0) is 4.74 Å². The maximum Gasteiger partial charge on any atom is 0.117 e. The van der Waals surface area contributed by atoms with Gasteiger partial charge in [-0.05, 0) is 55.1 Å². The van der Waals surface area contributed by atoms with Gasteiger partial charge in [-0.25, -0.2) is 0 Å². The van der Waals surface area contributed by atoms with E-state index in [9.17, 15) is 0 Å². The number of methoxy groups -OCH3 is 1. The molecule has 1 nitrogen and oxygen atoms in total. The number of halogens is 3. The van der Waals surface area contributed by atoms with Crippen LogP contribution in [0, 0.1) is 16.7 Å². The van der Waals surface area contributed by atoms with Crippen molar-refractivity contribution in [3.05, 3.63) is 22.8 Å². The molecule has 0 N–H and O–H groups in total. The van der Waals surface area contributed by atoms with Crippen molar-refractivity contribution in [3.8, 4) is 0 Å². The molecule has 21 heavy (non-hydrogen) atoms. The highest BCUT2D eigenvalue weighted by atomic mass is 35.5. The zero-order valence-corrected chi connectivity index (χ0v) is 14.6. The SMILES string of the molecule is CO[C@]12C=C3[C@@](C/C1=C\Cl)(C[C@H]1CCCC[C@@]31C(Cl)Cl)C2. The average molecular weight is 348 g/mol. The van der Waals surface area contributed by atoms with Crippen LogP contribution in [0.15, 0.2) is 22.8 Å². The third-order valence-corrected chi connectivity index (χ3v) is 7.81. The van der Waals surface area contributed by atoms with Crippen LogP contribution in [0.25, 0.3) is 0 Å². The highest BCUT2D eigenvalue weighted by Gasteiger charge is 2.69. The van der Waals surface area contributed by atoms with E-state index in [1.165, 1.54) is 36.8 Å². The first kappa shape index (κ1) is 14.9. The van der Waals surface area contributed by atoms with Gasteiger partial charge < -0.3 is 4.74 Å². The first-order valence-corrected chi connectivity index (χ1v) is 9.21. The number of fused-ring (bicyclic) bond motifs is 3. The first-order chi connectivity index (χ1) is 10.0. The molecule has 4 aliphatic rings. The molecule has 0 aromatic heterocycles. The first-order valence-electron chi connectivity index (χ1n) is 7.90. The molecule has 0 unspecified atom stereocenters. The smallest absolute Gasteiger partial charge is 0.117 e. The molecule has 4 heteroatoms. The lowest BCUT2D eigenvalue weighted by Gasteiger charge is -2.43. The van der Waals surface area contributed by atoms with Crippen molar-refractivity contribution in [2.45, 2.75) is 55.4 Å². The van der Waals surface area contributed by atoms with Crippen molar-refractivity contribution in [2.24, 2.45) is 16.7 Å². The van der Waals surface area contributed by atoms with Gasteiger partial charge in [-0.3, -0.25) is 0 Å². The minimum absolute atomic E-state index is 0.0144. The molecule has 2 bridgehead atoms. The Hall–Kier alpha value is 0.310. The second-order valence-corrected chi connectivity index (χ2v) is 8.72. The molecule has 3 saturated carbocycles. The topological polar surface area (TPSA) is 9.23 Å². The van der Waals surface area contributed by atoms with E-state index in [2.05, 4.69) is 6.08 Å². The fourth-order valence-electron chi connectivity index (χ4n) is 5.97. The van der Waals surface area contributed by atoms with E-state index in [0.29, 0.717) is 5.92 Å². The summed E-state index contributed by atoms with van der Waals surface area (Å²) in [7, 11) is 1.79. The Balaban J connectivity index is 1.88. The molecule has 0 heterocycles. The van der Waals surface area contributed by atoms with Gasteiger partial charge in [-0.15, -0.1) is 23.2 Å². The monoisotopic (exact) mass is 346 g/mol. The zero-order chi connectivity index (χ0) is 14.9. The minimum atomic E-state index is -0.315. The molecule has 0 radical (unpaired) electrons. The van der Waals surface area contributed by atoms with Crippen LogP contribution >= 0.6 is 34.8 Å². The number of ether oxygens (including phenoxy) is 1. The lowest BCUT2D eigenvalue weighted by atomic mass is 9.66. The second-order valence-electron chi connectivity index (χ2n) is 7.41. The number of alkyl halides is 2. The van der Waals surface area contributed by atoms with Crippen molar-refractivity contribution in [2.75, 3.05) is 7.11 Å². The van der Waals surface area contributed by atoms with Crippen molar-refractivity contribution in [1.82, 2.24) is 0 Å². The molecule has 3 fully saturated rings. The largest absolute Gasteiger partial charge is 0.370 e. The van der Waals surface area contributed by atoms with Crippen molar-refractivity contribution >= 4 is 34.8 Å². The molecule has 0 aromatic rings. The van der Waals surface area contributed by atoms with Gasteiger partial charge in [-0.2, -0.15) is 0 Å². The average Bonchev–Trinajstić information content (AvgIpc) is 3.06. The predicted octanol–water partition coefficient (Wildman–Crippen LogP) is 5.60. The van der Waals surface area contributed by atoms with E-state index in [0.717, 1.165) is 19.3 Å². The predicted molar refractivity (Wildman–Crippen MR) is 87.9 cm³/mol. The number of hydrogen-bond acceptors (Lipinski definition) is 1. The third kappa shape index (κ3) is 1.65. The normalized spacial score (nSPS) is 49.7. The standard InChI is InChI=1S/C17H21Cl3O/c1-21-16-8-13-15(10-16,7-12(16)9-18)6-11-4-2-3-5-17(11,13)14(19)20/h8-9,11,14H,2-7,10H2,1H3/b12-9+/t11-,15-,16+,17+/m1/s1. The summed E-state index contributed by atoms with van der Waals surface area (Å²) in [6, 6.07) is 0. The molecule has 4 atom stereocenters. The van der Waals surface area contributed by atoms with Gasteiger partial charge in [0, 0.05) is 18.1 Å². The molecule has 0 saturated heterocycles. The highest BCUT2D eigenvalue weighted by Crippen LogP contribution is 2.76. The summed E-state index contributed by atoms with van der Waals surface area (Å²) in [5.41, 5.74) is 4.35. The van der Waals surface area contributed by atoms with E-state index in [4.69, 9.17) is 39.5 Å². The summed E-state index contributed by atoms with van der Waals surface area (Å²) in [4.78, 5) is -0.315. The lowest BCUT2D eigenvalue weighted by molar-refractivity contribution is 0.0632. The summed E-state index contributed by atoms with van der Waals surface area (Å²) < 4.78 is 5.91. The van der Waals surface area contributed by atoms with E-state index in [1.54, 1.807) is 12.6 Å². The van der Waals surface area contributed by atoms with Gasteiger partial charge in [0.25, 0.3) is 0 Å². The second kappa shape index (κ2) is 4.66. The fraction of sp³-hybridized carbons (Fsp3) is 0.765. The Bertz CT molecular complexity index is 540. The van der Waals surface area contributed by atoms with Crippen molar-refractivity contribution in [1.29, 1.82) is 0 Å². The molecule has 1 spiro atoms. The number of hydrogen-bond donors (Lipinski definition) is 0. The van der Waals surface area contributed by atoms with Gasteiger partial charge in [0.2, 0.25) is 0 Å². The molecule has 0 aromatic carbocycles. The van der Waals surface area contributed by atoms with Crippen molar-refractivity contribution < 1.29 is 4.74 Å². The fourth-order valence-corrected chi connectivity index (χ4v) is 7.05. The van der Waals surface area contributed by atoms with E-state index < -0.39 is 0 Å². The minimum Gasteiger partial charge on any atom is -0.370 e. The number of rotatable bonds is 2. The van der Waals surface area contributed by atoms with Crippen LogP contribution in [-0.4, -0.2) is 17.5 Å². The van der Waals surface area contributed by atoms with Gasteiger partial charge in [0.05, 0.1) is 0 Å². The Labute approximate surface area is 141 Å². The van der Waals surface area contributed by atoms with Gasteiger partial charge in [0.1, 0.15) is 10.4 Å². The van der Waals surface area contributed by atoms with Gasteiger partial charge in [0.15, 0.2) is 0 Å². The van der Waals surface area contributed by atoms with Crippen LogP contribution in [0.1, 0.15) is 44.9 Å². The lowest BCUT2D eigenvalue weighted by Crippen LogP contribution is -2.38. The Morgan fingerprint density at radius 3 is 2.86 bits per heavy atom.